The first-order chi connectivity index (χ1) is 13.3. The van der Waals surface area contributed by atoms with Gasteiger partial charge in [0.2, 0.25) is 0 Å². The van der Waals surface area contributed by atoms with E-state index in [-0.39, 0.29) is 11.9 Å². The summed E-state index contributed by atoms with van der Waals surface area (Å²) in [7, 11) is 0. The predicted molar refractivity (Wildman–Crippen MR) is 99.9 cm³/mol. The van der Waals surface area contributed by atoms with Crippen LogP contribution in [0.3, 0.4) is 0 Å². The van der Waals surface area contributed by atoms with Gasteiger partial charge in [0.15, 0.2) is 0 Å². The molecule has 1 aliphatic carbocycles. The van der Waals surface area contributed by atoms with Crippen molar-refractivity contribution in [3.05, 3.63) is 53.7 Å². The Hall–Kier alpha value is -2.41. The first-order valence-corrected chi connectivity index (χ1v) is 9.34. The molecule has 1 heterocycles. The molecule has 0 radical (unpaired) electrons. The number of nitrogens with one attached hydrogen (secondary N) is 1. The fraction of sp³-hybridized carbons (Fsp3) is 0.429. The van der Waals surface area contributed by atoms with Crippen LogP contribution in [0.25, 0.3) is 11.3 Å². The van der Waals surface area contributed by atoms with Gasteiger partial charge in [0.1, 0.15) is 6.61 Å². The van der Waals surface area contributed by atoms with Crippen LogP contribution in [0.5, 0.6) is 0 Å². The number of halogens is 3. The number of nitrogens with zero attached hydrogens (tertiary/aromatic N) is 1. The molecule has 0 bridgehead atoms. The van der Waals surface area contributed by atoms with E-state index in [1.54, 1.807) is 19.1 Å². The zero-order valence-electron chi connectivity index (χ0n) is 15.6. The maximum Gasteiger partial charge on any atom is 0.411 e. The van der Waals surface area contributed by atoms with Crippen LogP contribution >= 0.6 is 0 Å². The molecule has 0 aliphatic heterocycles. The van der Waals surface area contributed by atoms with Crippen LogP contribution in [-0.4, -0.2) is 35.8 Å². The maximum absolute atomic E-state index is 12.6. The smallest absolute Gasteiger partial charge is 0.369 e. The van der Waals surface area contributed by atoms with Gasteiger partial charge in [-0.05, 0) is 44.7 Å². The minimum absolute atomic E-state index is 0.201. The molecule has 1 saturated carbocycles. The van der Waals surface area contributed by atoms with Crippen molar-refractivity contribution in [1.82, 2.24) is 10.3 Å². The van der Waals surface area contributed by atoms with Gasteiger partial charge in [0.05, 0.1) is 23.1 Å². The van der Waals surface area contributed by atoms with Crippen molar-refractivity contribution in [3.8, 4) is 11.3 Å². The van der Waals surface area contributed by atoms with E-state index in [2.05, 4.69) is 10.3 Å². The van der Waals surface area contributed by atoms with Gasteiger partial charge in [-0.3, -0.25) is 9.78 Å². The molecule has 0 spiro atoms. The molecule has 1 aromatic heterocycles. The Morgan fingerprint density at radius 3 is 2.61 bits per heavy atom. The van der Waals surface area contributed by atoms with Crippen LogP contribution in [0.15, 0.2) is 42.5 Å². The zero-order valence-corrected chi connectivity index (χ0v) is 15.6. The molecule has 3 rings (SSSR count). The van der Waals surface area contributed by atoms with Crippen molar-refractivity contribution in [2.45, 2.75) is 50.9 Å². The number of hydrogen-bond donors (Lipinski definition) is 1. The van der Waals surface area contributed by atoms with E-state index in [4.69, 9.17) is 4.74 Å². The Labute approximate surface area is 162 Å². The highest BCUT2D eigenvalue weighted by Gasteiger charge is 2.31. The molecular weight excluding hydrogens is 369 g/mol. The summed E-state index contributed by atoms with van der Waals surface area (Å²) in [6.07, 6.45) is -2.41. The highest BCUT2D eigenvalue weighted by molar-refractivity contribution is 5.95. The third kappa shape index (κ3) is 5.55. The van der Waals surface area contributed by atoms with Gasteiger partial charge in [-0.15, -0.1) is 0 Å². The number of ether oxygens (including phenoxy) is 1. The molecule has 150 valence electrons. The van der Waals surface area contributed by atoms with Crippen molar-refractivity contribution in [1.29, 1.82) is 0 Å². The molecule has 1 fully saturated rings. The lowest BCUT2D eigenvalue weighted by atomic mass is 9.92. The molecule has 1 N–H and O–H groups in total. The minimum atomic E-state index is -4.33. The number of hydrogen-bond acceptors (Lipinski definition) is 3. The molecule has 28 heavy (non-hydrogen) atoms. The fourth-order valence-electron chi connectivity index (χ4n) is 3.47. The van der Waals surface area contributed by atoms with Gasteiger partial charge >= 0.3 is 6.18 Å². The normalized spacial score (nSPS) is 20.0. The number of rotatable bonds is 5. The Kier molecular flexibility index (Phi) is 6.34. The Balaban J connectivity index is 1.61. The van der Waals surface area contributed by atoms with Crippen molar-refractivity contribution in [2.75, 3.05) is 6.61 Å². The number of benzene rings is 1. The molecule has 4 nitrogen and oxygen atoms in total. The Morgan fingerprint density at radius 2 is 1.93 bits per heavy atom. The van der Waals surface area contributed by atoms with Crippen LogP contribution < -0.4 is 5.32 Å². The summed E-state index contributed by atoms with van der Waals surface area (Å²) in [4.78, 5) is 17.2. The SMILES string of the molecule is Cc1nc(-c2ccccc2)ccc1C(=O)N[C@H]1CCC[C@H](OCC(F)(F)F)C1. The molecule has 1 amide bonds. The highest BCUT2D eigenvalue weighted by atomic mass is 19.4. The topological polar surface area (TPSA) is 51.2 Å². The summed E-state index contributed by atoms with van der Waals surface area (Å²) in [5, 5.41) is 2.92. The number of carbonyl (C=O) groups is 1. The number of amides is 1. The van der Waals surface area contributed by atoms with Crippen molar-refractivity contribution in [2.24, 2.45) is 0 Å². The van der Waals surface area contributed by atoms with Crippen molar-refractivity contribution >= 4 is 5.91 Å². The molecule has 1 aliphatic rings. The number of carbonyl (C=O) groups excluding carboxylic acids is 1. The predicted octanol–water partition coefficient (Wildman–Crippen LogP) is 4.68. The summed E-state index contributed by atoms with van der Waals surface area (Å²) in [6, 6.07) is 13.0. The number of aryl methyl sites for hydroxylation is 1. The van der Waals surface area contributed by atoms with E-state index in [0.29, 0.717) is 24.1 Å². The first-order valence-electron chi connectivity index (χ1n) is 9.34. The molecule has 0 saturated heterocycles. The number of alkyl halides is 3. The molecule has 2 atom stereocenters. The lowest BCUT2D eigenvalue weighted by molar-refractivity contribution is -0.188. The molecule has 0 unspecified atom stereocenters. The molecule has 7 heteroatoms. The third-order valence-electron chi connectivity index (χ3n) is 4.84. The standard InChI is InChI=1S/C21H23F3N2O2/c1-14-18(10-11-19(25-14)15-6-3-2-4-7-15)20(27)26-16-8-5-9-17(12-16)28-13-21(22,23)24/h2-4,6-7,10-11,16-17H,5,8-9,12-13H2,1H3,(H,26,27)/t16-,17-/m0/s1. The largest absolute Gasteiger partial charge is 0.411 e. The summed E-state index contributed by atoms with van der Waals surface area (Å²) in [6.45, 7) is 0.528. The number of pyridine rings is 1. The van der Waals surface area contributed by atoms with Crippen molar-refractivity contribution in [3.63, 3.8) is 0 Å². The zero-order chi connectivity index (χ0) is 20.1. The lowest BCUT2D eigenvalue weighted by Crippen LogP contribution is -2.41. The third-order valence-corrected chi connectivity index (χ3v) is 4.84. The van der Waals surface area contributed by atoms with Gasteiger partial charge in [0.25, 0.3) is 5.91 Å². The monoisotopic (exact) mass is 392 g/mol. The van der Waals surface area contributed by atoms with E-state index in [1.807, 2.05) is 30.3 Å². The second-order valence-corrected chi connectivity index (χ2v) is 7.08. The highest BCUT2D eigenvalue weighted by Crippen LogP contribution is 2.25. The van der Waals surface area contributed by atoms with Gasteiger partial charge in [0, 0.05) is 11.6 Å². The lowest BCUT2D eigenvalue weighted by Gasteiger charge is -2.30. The van der Waals surface area contributed by atoms with Crippen molar-refractivity contribution < 1.29 is 22.7 Å². The van der Waals surface area contributed by atoms with E-state index < -0.39 is 18.9 Å². The van der Waals surface area contributed by atoms with Crippen LogP contribution in [0.1, 0.15) is 41.7 Å². The quantitative estimate of drug-likeness (QED) is 0.804. The Morgan fingerprint density at radius 1 is 1.18 bits per heavy atom. The van der Waals surface area contributed by atoms with Gasteiger partial charge in [-0.1, -0.05) is 30.3 Å². The summed E-state index contributed by atoms with van der Waals surface area (Å²) in [5.74, 6) is -0.258. The second-order valence-electron chi connectivity index (χ2n) is 7.08. The van der Waals surface area contributed by atoms with Crippen LogP contribution in [0.4, 0.5) is 13.2 Å². The van der Waals surface area contributed by atoms with Gasteiger partial charge in [-0.25, -0.2) is 0 Å². The first kappa shape index (κ1) is 20.3. The van der Waals surface area contributed by atoms with E-state index in [9.17, 15) is 18.0 Å². The summed E-state index contributed by atoms with van der Waals surface area (Å²) in [5.41, 5.74) is 2.83. The minimum Gasteiger partial charge on any atom is -0.369 e. The molecular formula is C21H23F3N2O2. The second kappa shape index (κ2) is 8.73. The molecule has 2 aromatic rings. The van der Waals surface area contributed by atoms with E-state index in [1.165, 1.54) is 0 Å². The number of aromatic nitrogens is 1. The Bertz CT molecular complexity index is 809. The van der Waals surface area contributed by atoms with Crippen LogP contribution in [-0.2, 0) is 4.74 Å². The van der Waals surface area contributed by atoms with Crippen LogP contribution in [0, 0.1) is 6.92 Å². The average Bonchev–Trinajstić information content (AvgIpc) is 2.66. The maximum atomic E-state index is 12.6. The fourth-order valence-corrected chi connectivity index (χ4v) is 3.47. The van der Waals surface area contributed by atoms with Gasteiger partial charge in [-0.2, -0.15) is 13.2 Å². The van der Waals surface area contributed by atoms with E-state index >= 15 is 0 Å². The molecule has 1 aromatic carbocycles. The van der Waals surface area contributed by atoms with E-state index in [0.717, 1.165) is 24.1 Å². The summed E-state index contributed by atoms with van der Waals surface area (Å²) >= 11 is 0. The van der Waals surface area contributed by atoms with Gasteiger partial charge < -0.3 is 10.1 Å². The summed E-state index contributed by atoms with van der Waals surface area (Å²) < 4.78 is 42.0. The van der Waals surface area contributed by atoms with Crippen LogP contribution in [0.2, 0.25) is 0 Å². The average molecular weight is 392 g/mol.